The first-order valence-electron chi connectivity index (χ1n) is 5.51. The molecule has 0 aliphatic heterocycles. The quantitative estimate of drug-likeness (QED) is 0.583. The Morgan fingerprint density at radius 1 is 1.29 bits per heavy atom. The van der Waals surface area contributed by atoms with E-state index in [1.807, 2.05) is 12.1 Å². The van der Waals surface area contributed by atoms with Crippen molar-refractivity contribution in [1.29, 1.82) is 0 Å². The lowest BCUT2D eigenvalue weighted by molar-refractivity contribution is 0.194. The lowest BCUT2D eigenvalue weighted by Crippen LogP contribution is -2.19. The van der Waals surface area contributed by atoms with Gasteiger partial charge in [-0.15, -0.1) is 11.8 Å². The maximum absolute atomic E-state index is 6.06. The predicted octanol–water partition coefficient (Wildman–Crippen LogP) is 3.71. The van der Waals surface area contributed by atoms with Gasteiger partial charge in [-0.2, -0.15) is 0 Å². The molecule has 0 aliphatic rings. The molecule has 0 spiro atoms. The molecule has 0 aromatic heterocycles. The van der Waals surface area contributed by atoms with E-state index in [1.165, 1.54) is 0 Å². The third kappa shape index (κ3) is 6.53. The van der Waals surface area contributed by atoms with Gasteiger partial charge in [-0.05, 0) is 31.2 Å². The van der Waals surface area contributed by atoms with Gasteiger partial charge in [0.2, 0.25) is 0 Å². The van der Waals surface area contributed by atoms with Crippen LogP contribution in [0.15, 0.2) is 23.1 Å². The largest absolute Gasteiger partial charge is 0.385 e. The maximum atomic E-state index is 6.06. The van der Waals surface area contributed by atoms with E-state index in [-0.39, 0.29) is 0 Å². The molecular weight excluding hydrogens is 277 g/mol. The molecule has 0 fully saturated rings. The van der Waals surface area contributed by atoms with Crippen LogP contribution in [-0.2, 0) is 4.74 Å². The maximum Gasteiger partial charge on any atom is 0.0542 e. The van der Waals surface area contributed by atoms with Crippen LogP contribution in [0.4, 0.5) is 0 Å². The summed E-state index contributed by atoms with van der Waals surface area (Å²) in [7, 11) is 1.72. The molecule has 0 bridgehead atoms. The summed E-state index contributed by atoms with van der Waals surface area (Å²) < 4.78 is 4.97. The van der Waals surface area contributed by atoms with Gasteiger partial charge < -0.3 is 10.1 Å². The highest BCUT2D eigenvalue weighted by molar-refractivity contribution is 7.99. The minimum atomic E-state index is 0.727. The monoisotopic (exact) mass is 293 g/mol. The topological polar surface area (TPSA) is 21.3 Å². The lowest BCUT2D eigenvalue weighted by atomic mass is 10.4. The minimum Gasteiger partial charge on any atom is -0.385 e. The SMILES string of the molecule is COCCCNCCSc1cc(Cl)ccc1Cl. The highest BCUT2D eigenvalue weighted by atomic mass is 35.5. The van der Waals surface area contributed by atoms with Gasteiger partial charge >= 0.3 is 0 Å². The zero-order valence-corrected chi connectivity index (χ0v) is 12.2. The summed E-state index contributed by atoms with van der Waals surface area (Å²) in [4.78, 5) is 1.04. The summed E-state index contributed by atoms with van der Waals surface area (Å²) in [5.41, 5.74) is 0. The van der Waals surface area contributed by atoms with Crippen molar-refractivity contribution in [3.05, 3.63) is 28.2 Å². The van der Waals surface area contributed by atoms with Gasteiger partial charge in [-0.25, -0.2) is 0 Å². The Balaban J connectivity index is 2.15. The number of thioether (sulfide) groups is 1. The zero-order valence-electron chi connectivity index (χ0n) is 9.84. The van der Waals surface area contributed by atoms with E-state index in [1.54, 1.807) is 24.9 Å². The van der Waals surface area contributed by atoms with E-state index in [4.69, 9.17) is 27.9 Å². The molecule has 0 heterocycles. The molecule has 1 rings (SSSR count). The van der Waals surface area contributed by atoms with E-state index in [2.05, 4.69) is 5.32 Å². The first-order chi connectivity index (χ1) is 8.24. The van der Waals surface area contributed by atoms with Crippen molar-refractivity contribution in [3.63, 3.8) is 0 Å². The summed E-state index contributed by atoms with van der Waals surface area (Å²) in [5.74, 6) is 0.979. The van der Waals surface area contributed by atoms with Crippen LogP contribution < -0.4 is 5.32 Å². The van der Waals surface area contributed by atoms with Crippen LogP contribution in [0.5, 0.6) is 0 Å². The molecule has 0 atom stereocenters. The van der Waals surface area contributed by atoms with Gasteiger partial charge in [0, 0.05) is 35.9 Å². The van der Waals surface area contributed by atoms with Gasteiger partial charge in [0.15, 0.2) is 0 Å². The summed E-state index contributed by atoms with van der Waals surface area (Å²) in [6, 6.07) is 5.54. The van der Waals surface area contributed by atoms with Crippen LogP contribution >= 0.6 is 35.0 Å². The number of nitrogens with one attached hydrogen (secondary N) is 1. The fourth-order valence-corrected chi connectivity index (χ4v) is 2.69. The summed E-state index contributed by atoms with van der Waals surface area (Å²) in [6.07, 6.45) is 1.04. The van der Waals surface area contributed by atoms with Crippen LogP contribution in [0.25, 0.3) is 0 Å². The second kappa shape index (κ2) is 9.06. The average molecular weight is 294 g/mol. The van der Waals surface area contributed by atoms with Crippen molar-refractivity contribution in [2.75, 3.05) is 32.6 Å². The molecule has 0 saturated carbocycles. The van der Waals surface area contributed by atoms with Gasteiger partial charge in [0.25, 0.3) is 0 Å². The van der Waals surface area contributed by atoms with Gasteiger partial charge in [0.05, 0.1) is 5.02 Å². The molecule has 1 aromatic carbocycles. The Morgan fingerprint density at radius 3 is 2.88 bits per heavy atom. The number of ether oxygens (including phenoxy) is 1. The Morgan fingerprint density at radius 2 is 2.12 bits per heavy atom. The highest BCUT2D eigenvalue weighted by Gasteiger charge is 2.01. The highest BCUT2D eigenvalue weighted by Crippen LogP contribution is 2.29. The molecule has 1 N–H and O–H groups in total. The molecular formula is C12H17Cl2NOS. The zero-order chi connectivity index (χ0) is 12.5. The molecule has 17 heavy (non-hydrogen) atoms. The van der Waals surface area contributed by atoms with Crippen molar-refractivity contribution in [2.24, 2.45) is 0 Å². The molecule has 0 unspecified atom stereocenters. The Bertz CT molecular complexity index is 336. The van der Waals surface area contributed by atoms with Crippen LogP contribution in [0.1, 0.15) is 6.42 Å². The smallest absolute Gasteiger partial charge is 0.0542 e. The molecule has 0 saturated heterocycles. The first-order valence-corrected chi connectivity index (χ1v) is 7.25. The average Bonchev–Trinajstić information content (AvgIpc) is 2.32. The van der Waals surface area contributed by atoms with Crippen LogP contribution in [0.2, 0.25) is 10.0 Å². The Hall–Kier alpha value is 0.0700. The van der Waals surface area contributed by atoms with E-state index in [9.17, 15) is 0 Å². The summed E-state index contributed by atoms with van der Waals surface area (Å²) >= 11 is 13.7. The number of hydrogen-bond acceptors (Lipinski definition) is 3. The standard InChI is InChI=1S/C12H17Cl2NOS/c1-16-7-2-5-15-6-8-17-12-9-10(13)3-4-11(12)14/h3-4,9,15H,2,5-8H2,1H3. The molecule has 0 radical (unpaired) electrons. The first kappa shape index (κ1) is 15.1. The van der Waals surface area contributed by atoms with Crippen molar-refractivity contribution >= 4 is 35.0 Å². The Labute approximate surface area is 117 Å². The number of hydrogen-bond donors (Lipinski definition) is 1. The second-order valence-electron chi connectivity index (χ2n) is 3.52. The molecule has 96 valence electrons. The fraction of sp³-hybridized carbons (Fsp3) is 0.500. The number of halogens is 2. The van der Waals surface area contributed by atoms with Crippen molar-refractivity contribution < 1.29 is 4.74 Å². The van der Waals surface area contributed by atoms with E-state index in [0.29, 0.717) is 0 Å². The molecule has 0 aliphatic carbocycles. The Kier molecular flexibility index (Phi) is 8.06. The molecule has 2 nitrogen and oxygen atoms in total. The van der Waals surface area contributed by atoms with E-state index in [0.717, 1.165) is 46.8 Å². The van der Waals surface area contributed by atoms with Crippen molar-refractivity contribution in [2.45, 2.75) is 11.3 Å². The van der Waals surface area contributed by atoms with Crippen molar-refractivity contribution in [1.82, 2.24) is 5.32 Å². The van der Waals surface area contributed by atoms with Crippen LogP contribution in [-0.4, -0.2) is 32.6 Å². The van der Waals surface area contributed by atoms with Crippen LogP contribution in [0, 0.1) is 0 Å². The molecule has 5 heteroatoms. The number of methoxy groups -OCH3 is 1. The summed E-state index contributed by atoms with van der Waals surface area (Å²) in [6.45, 7) is 2.75. The van der Waals surface area contributed by atoms with E-state index >= 15 is 0 Å². The number of rotatable bonds is 8. The van der Waals surface area contributed by atoms with Gasteiger partial charge in [0.1, 0.15) is 0 Å². The third-order valence-corrected chi connectivity index (χ3v) is 3.87. The molecule has 1 aromatic rings. The summed E-state index contributed by atoms with van der Waals surface area (Å²) in [5, 5.41) is 4.84. The third-order valence-electron chi connectivity index (χ3n) is 2.13. The van der Waals surface area contributed by atoms with Crippen LogP contribution in [0.3, 0.4) is 0 Å². The second-order valence-corrected chi connectivity index (χ2v) is 5.50. The van der Waals surface area contributed by atoms with E-state index < -0.39 is 0 Å². The predicted molar refractivity (Wildman–Crippen MR) is 76.5 cm³/mol. The fourth-order valence-electron chi connectivity index (χ4n) is 1.29. The van der Waals surface area contributed by atoms with Gasteiger partial charge in [-0.1, -0.05) is 23.2 Å². The minimum absolute atomic E-state index is 0.727. The molecule has 0 amide bonds. The normalized spacial score (nSPS) is 10.8. The van der Waals surface area contributed by atoms with Crippen molar-refractivity contribution in [3.8, 4) is 0 Å². The number of benzene rings is 1. The lowest BCUT2D eigenvalue weighted by Gasteiger charge is -2.06. The van der Waals surface area contributed by atoms with Gasteiger partial charge in [-0.3, -0.25) is 0 Å².